The number of nitrogens with one attached hydrogen (secondary N) is 1. The Morgan fingerprint density at radius 1 is 1.15 bits per heavy atom. The molecule has 0 spiro atoms. The summed E-state index contributed by atoms with van der Waals surface area (Å²) in [5.74, 6) is -0.171. The number of rotatable bonds is 10. The van der Waals surface area contributed by atoms with Crippen molar-refractivity contribution in [1.82, 2.24) is 10.2 Å². The molecule has 2 rings (SSSR count). The van der Waals surface area contributed by atoms with Crippen LogP contribution in [0.25, 0.3) is 0 Å². The largest absolute Gasteiger partial charge is 0.354 e. The molecule has 26 heavy (non-hydrogen) atoms. The van der Waals surface area contributed by atoms with Gasteiger partial charge >= 0.3 is 0 Å². The molecule has 1 aromatic carbocycles. The van der Waals surface area contributed by atoms with Crippen molar-refractivity contribution in [3.8, 4) is 0 Å². The molecule has 140 valence electrons. The van der Waals surface area contributed by atoms with Crippen molar-refractivity contribution in [2.75, 3.05) is 19.6 Å². The summed E-state index contributed by atoms with van der Waals surface area (Å²) < 4.78 is 0. The summed E-state index contributed by atoms with van der Waals surface area (Å²) >= 11 is 7.61. The molecular formula is C20H25ClN2O2S. The first kappa shape index (κ1) is 20.6. The van der Waals surface area contributed by atoms with Crippen LogP contribution in [0, 0.1) is 0 Å². The van der Waals surface area contributed by atoms with E-state index in [0.717, 1.165) is 13.1 Å². The Balaban J connectivity index is 1.87. The minimum Gasteiger partial charge on any atom is -0.354 e. The molecule has 0 aliphatic carbocycles. The summed E-state index contributed by atoms with van der Waals surface area (Å²) in [5.41, 5.74) is 0.546. The van der Waals surface area contributed by atoms with Gasteiger partial charge in [-0.25, -0.2) is 0 Å². The van der Waals surface area contributed by atoms with Gasteiger partial charge in [0.25, 0.3) is 0 Å². The number of carbonyl (C=O) groups excluding carboxylic acids is 2. The molecule has 0 bridgehead atoms. The smallest absolute Gasteiger partial charge is 0.220 e. The number of hydrogen-bond donors (Lipinski definition) is 1. The van der Waals surface area contributed by atoms with Crippen molar-refractivity contribution < 1.29 is 9.59 Å². The number of ketones is 1. The molecule has 0 aliphatic rings. The van der Waals surface area contributed by atoms with Crippen molar-refractivity contribution in [3.05, 3.63) is 57.2 Å². The van der Waals surface area contributed by atoms with E-state index in [-0.39, 0.29) is 30.6 Å². The quantitative estimate of drug-likeness (QED) is 0.603. The van der Waals surface area contributed by atoms with Crippen LogP contribution in [0.2, 0.25) is 5.02 Å². The van der Waals surface area contributed by atoms with Gasteiger partial charge in [0.1, 0.15) is 0 Å². The van der Waals surface area contributed by atoms with Gasteiger partial charge in [0.15, 0.2) is 5.78 Å². The van der Waals surface area contributed by atoms with Crippen LogP contribution in [-0.2, 0) is 4.79 Å². The number of likely N-dealkylation sites (N-methyl/N-ethyl adjacent to an activating group) is 1. The highest BCUT2D eigenvalue weighted by Crippen LogP contribution is 2.24. The maximum Gasteiger partial charge on any atom is 0.220 e. The molecule has 1 amide bonds. The zero-order valence-corrected chi connectivity index (χ0v) is 16.8. The summed E-state index contributed by atoms with van der Waals surface area (Å²) in [4.78, 5) is 28.0. The van der Waals surface area contributed by atoms with Gasteiger partial charge in [-0.05, 0) is 36.7 Å². The zero-order chi connectivity index (χ0) is 18.9. The second-order valence-electron chi connectivity index (χ2n) is 5.99. The molecule has 2 aromatic rings. The average molecular weight is 393 g/mol. The first-order valence-corrected chi connectivity index (χ1v) is 10.1. The van der Waals surface area contributed by atoms with E-state index >= 15 is 0 Å². The zero-order valence-electron chi connectivity index (χ0n) is 15.2. The molecule has 1 atom stereocenters. The van der Waals surface area contributed by atoms with E-state index in [4.69, 9.17) is 11.6 Å². The fraction of sp³-hybridized carbons (Fsp3) is 0.400. The molecule has 1 aromatic heterocycles. The van der Waals surface area contributed by atoms with E-state index < -0.39 is 0 Å². The number of amides is 1. The van der Waals surface area contributed by atoms with Gasteiger partial charge in [-0.2, -0.15) is 0 Å². The van der Waals surface area contributed by atoms with Crippen LogP contribution < -0.4 is 5.32 Å². The van der Waals surface area contributed by atoms with Crippen molar-refractivity contribution in [2.45, 2.75) is 32.7 Å². The van der Waals surface area contributed by atoms with Gasteiger partial charge in [-0.3, -0.25) is 14.5 Å². The molecule has 0 radical (unpaired) electrons. The number of Topliss-reactive ketones (excluding diaryl/α,β-unsaturated/α-hetero) is 1. The number of carbonyl (C=O) groups is 2. The average Bonchev–Trinajstić information content (AvgIpc) is 3.17. The predicted octanol–water partition coefficient (Wildman–Crippen LogP) is 4.56. The van der Waals surface area contributed by atoms with Gasteiger partial charge in [0.05, 0.1) is 6.04 Å². The highest BCUT2D eigenvalue weighted by atomic mass is 35.5. The van der Waals surface area contributed by atoms with Gasteiger partial charge < -0.3 is 5.32 Å². The normalized spacial score (nSPS) is 12.2. The highest BCUT2D eigenvalue weighted by Gasteiger charge is 2.20. The van der Waals surface area contributed by atoms with E-state index in [1.54, 1.807) is 35.6 Å². The molecule has 0 aliphatic heterocycles. The Morgan fingerprint density at radius 2 is 1.92 bits per heavy atom. The second-order valence-corrected chi connectivity index (χ2v) is 7.41. The lowest BCUT2D eigenvalue weighted by Gasteiger charge is -2.29. The minimum atomic E-state index is -0.103. The maximum absolute atomic E-state index is 12.2. The molecule has 4 nitrogen and oxygen atoms in total. The van der Waals surface area contributed by atoms with E-state index in [9.17, 15) is 9.59 Å². The number of halogens is 1. The highest BCUT2D eigenvalue weighted by molar-refractivity contribution is 7.10. The molecule has 1 unspecified atom stereocenters. The Morgan fingerprint density at radius 3 is 2.54 bits per heavy atom. The first-order chi connectivity index (χ1) is 12.5. The summed E-state index contributed by atoms with van der Waals surface area (Å²) in [5, 5.41) is 5.57. The third-order valence-corrected chi connectivity index (χ3v) is 5.55. The Bertz CT molecular complexity index is 714. The van der Waals surface area contributed by atoms with Gasteiger partial charge in [0.2, 0.25) is 5.91 Å². The fourth-order valence-electron chi connectivity index (χ4n) is 2.89. The number of benzene rings is 1. The number of nitrogens with zero attached hydrogens (tertiary/aromatic N) is 1. The molecule has 1 heterocycles. The number of thiophene rings is 1. The van der Waals surface area contributed by atoms with Crippen molar-refractivity contribution in [1.29, 1.82) is 0 Å². The molecule has 6 heteroatoms. The second kappa shape index (κ2) is 10.5. The number of hydrogen-bond acceptors (Lipinski definition) is 4. The van der Waals surface area contributed by atoms with E-state index in [1.165, 1.54) is 4.88 Å². The van der Waals surface area contributed by atoms with Crippen LogP contribution in [0.5, 0.6) is 0 Å². The predicted molar refractivity (Wildman–Crippen MR) is 108 cm³/mol. The summed E-state index contributed by atoms with van der Waals surface area (Å²) in [6.45, 7) is 6.63. The maximum atomic E-state index is 12.2. The molecule has 1 N–H and O–H groups in total. The van der Waals surface area contributed by atoms with Crippen molar-refractivity contribution in [2.24, 2.45) is 0 Å². The Kier molecular flexibility index (Phi) is 8.29. The lowest BCUT2D eigenvalue weighted by molar-refractivity contribution is -0.121. The minimum absolute atomic E-state index is 0.0683. The van der Waals surface area contributed by atoms with E-state index in [2.05, 4.69) is 35.5 Å². The Labute approximate surface area is 164 Å². The summed E-state index contributed by atoms with van der Waals surface area (Å²) in [6, 6.07) is 11.1. The van der Waals surface area contributed by atoms with Gasteiger partial charge in [0, 0.05) is 34.8 Å². The SMILES string of the molecule is CCN(CC)C(CNC(=O)CCC(=O)c1cccc(Cl)c1)c1cccs1. The fourth-order valence-corrected chi connectivity index (χ4v) is 3.94. The molecule has 0 saturated heterocycles. The van der Waals surface area contributed by atoms with Crippen LogP contribution in [0.4, 0.5) is 0 Å². The lowest BCUT2D eigenvalue weighted by atomic mass is 10.1. The van der Waals surface area contributed by atoms with Crippen LogP contribution in [0.3, 0.4) is 0 Å². The lowest BCUT2D eigenvalue weighted by Crippen LogP contribution is -2.37. The molecule has 0 saturated carbocycles. The van der Waals surface area contributed by atoms with E-state index in [0.29, 0.717) is 17.1 Å². The molecular weight excluding hydrogens is 368 g/mol. The van der Waals surface area contributed by atoms with Gasteiger partial charge in [-0.1, -0.05) is 43.6 Å². The van der Waals surface area contributed by atoms with Crippen LogP contribution in [-0.4, -0.2) is 36.2 Å². The topological polar surface area (TPSA) is 49.4 Å². The first-order valence-electron chi connectivity index (χ1n) is 8.88. The van der Waals surface area contributed by atoms with Crippen LogP contribution in [0.15, 0.2) is 41.8 Å². The van der Waals surface area contributed by atoms with Gasteiger partial charge in [-0.15, -0.1) is 11.3 Å². The molecule has 0 fully saturated rings. The standard InChI is InChI=1S/C20H25ClN2O2S/c1-3-23(4-2)17(19-9-6-12-26-19)14-22-20(25)11-10-18(24)15-7-5-8-16(21)13-15/h5-9,12-13,17H,3-4,10-11,14H2,1-2H3,(H,22,25). The summed E-state index contributed by atoms with van der Waals surface area (Å²) in [6.07, 6.45) is 0.363. The van der Waals surface area contributed by atoms with Crippen LogP contribution in [0.1, 0.15) is 48.0 Å². The third-order valence-electron chi connectivity index (χ3n) is 4.34. The third kappa shape index (κ3) is 5.94. The van der Waals surface area contributed by atoms with Crippen molar-refractivity contribution in [3.63, 3.8) is 0 Å². The van der Waals surface area contributed by atoms with E-state index in [1.807, 2.05) is 6.07 Å². The Hall–Kier alpha value is -1.69. The van der Waals surface area contributed by atoms with Crippen molar-refractivity contribution >= 4 is 34.6 Å². The van der Waals surface area contributed by atoms with Crippen LogP contribution >= 0.6 is 22.9 Å². The summed E-state index contributed by atoms with van der Waals surface area (Å²) in [7, 11) is 0. The monoisotopic (exact) mass is 392 g/mol.